The summed E-state index contributed by atoms with van der Waals surface area (Å²) in [6.07, 6.45) is 0. The van der Waals surface area contributed by atoms with Crippen LogP contribution in [0.2, 0.25) is 0 Å². The van der Waals surface area contributed by atoms with E-state index in [0.717, 1.165) is 0 Å². The molecule has 0 aromatic rings. The van der Waals surface area contributed by atoms with E-state index in [1.54, 1.807) is 0 Å². The first-order valence-corrected chi connectivity index (χ1v) is 0. The first kappa shape index (κ1) is 24.6. The van der Waals surface area contributed by atoms with Crippen molar-refractivity contribution in [2.24, 2.45) is 0 Å². The Morgan fingerprint density at radius 3 is 1.00 bits per heavy atom. The Labute approximate surface area is 115 Å². The third-order valence-electron chi connectivity index (χ3n) is 0. The Balaban J connectivity index is 0. The zero-order valence-corrected chi connectivity index (χ0v) is 8.42. The van der Waals surface area contributed by atoms with Crippen LogP contribution in [0.15, 0.2) is 0 Å². The van der Waals surface area contributed by atoms with Gasteiger partial charge in [-0.15, -0.1) is 0 Å². The quantitative estimate of drug-likeness (QED) is 0.475. The van der Waals surface area contributed by atoms with Gasteiger partial charge in [-0.05, 0) is 0 Å². The molecule has 20 valence electrons. The van der Waals surface area contributed by atoms with Crippen LogP contribution in [0.5, 0.6) is 0 Å². The monoisotopic (exact) mass is 364 g/mol. The third-order valence-corrected chi connectivity index (χ3v) is 0. The van der Waals surface area contributed by atoms with E-state index >= 15 is 0 Å². The van der Waals surface area contributed by atoms with Crippen LogP contribution >= 0.6 is 0 Å². The van der Waals surface area contributed by atoms with E-state index in [1.165, 1.54) is 0 Å². The van der Waals surface area contributed by atoms with Gasteiger partial charge in [0.2, 0.25) is 0 Å². The van der Waals surface area contributed by atoms with Crippen LogP contribution < -0.4 is 0 Å². The molecule has 0 aliphatic carbocycles. The SMILES string of the molecule is [GaH3].[Gd].[Sc].[Y]. The summed E-state index contributed by atoms with van der Waals surface area (Å²) in [5.74, 6) is 0. The van der Waals surface area contributed by atoms with Crippen molar-refractivity contribution in [3.05, 3.63) is 0 Å². The summed E-state index contributed by atoms with van der Waals surface area (Å²) >= 11 is 0. The Morgan fingerprint density at radius 1 is 1.00 bits per heavy atom. The minimum Gasteiger partial charge on any atom is 0 e. The Kier molecular flexibility index (Phi) is 97.2. The molecule has 0 fully saturated rings. The van der Waals surface area contributed by atoms with Crippen molar-refractivity contribution in [3.8, 4) is 0 Å². The maximum Gasteiger partial charge on any atom is 0 e. The fraction of sp³-hybridized carbons (Fsp3) is 0. The molecule has 4 heavy (non-hydrogen) atoms. The van der Waals surface area contributed by atoms with Gasteiger partial charge in [-0.25, -0.2) is 0 Å². The molecule has 0 saturated carbocycles. The van der Waals surface area contributed by atoms with Gasteiger partial charge in [0, 0.05) is 98.5 Å². The predicted molar refractivity (Wildman–Crippen MR) is 9.94 cm³/mol. The van der Waals surface area contributed by atoms with Crippen molar-refractivity contribution in [1.29, 1.82) is 0 Å². The second kappa shape index (κ2) is 15.8. The van der Waals surface area contributed by atoms with E-state index in [9.17, 15) is 0 Å². The van der Waals surface area contributed by atoms with Crippen molar-refractivity contribution in [3.63, 3.8) is 0 Å². The minimum atomic E-state index is 0. The van der Waals surface area contributed by atoms with Crippen molar-refractivity contribution >= 4 is 19.8 Å². The molecule has 0 nitrogen and oxygen atoms in total. The average molecular weight is 364 g/mol. The van der Waals surface area contributed by atoms with Gasteiger partial charge in [0.25, 0.3) is 0 Å². The number of rotatable bonds is 0. The second-order valence-corrected chi connectivity index (χ2v) is 0. The van der Waals surface area contributed by atoms with Crippen LogP contribution in [0, 0.1) is 39.9 Å². The molecular formula is H3GaGdScY. The van der Waals surface area contributed by atoms with Gasteiger partial charge >= 0.3 is 19.8 Å². The third kappa shape index (κ3) is 9.33. The topological polar surface area (TPSA) is 0 Å². The maximum absolute atomic E-state index is 0. The molecule has 0 aliphatic heterocycles. The Hall–Kier alpha value is 3.94. The molecule has 0 aromatic heterocycles. The van der Waals surface area contributed by atoms with E-state index in [-0.39, 0.29) is 118 Å². The fourth-order valence-corrected chi connectivity index (χ4v) is 0. The molecule has 0 N–H and O–H groups in total. The van der Waals surface area contributed by atoms with E-state index in [4.69, 9.17) is 0 Å². The molecule has 0 aliphatic rings. The van der Waals surface area contributed by atoms with Crippen LogP contribution in [0.1, 0.15) is 0 Å². The standard InChI is InChI=1S/Ga.Gd.Sc.Y.3H. The van der Waals surface area contributed by atoms with Gasteiger partial charge in [0.15, 0.2) is 0 Å². The molecule has 0 spiro atoms. The summed E-state index contributed by atoms with van der Waals surface area (Å²) in [6, 6.07) is 0. The van der Waals surface area contributed by atoms with E-state index in [0.29, 0.717) is 0 Å². The smallest absolute Gasteiger partial charge is 0 e. The summed E-state index contributed by atoms with van der Waals surface area (Å²) in [5.41, 5.74) is 0. The molecule has 0 bridgehead atoms. The van der Waals surface area contributed by atoms with E-state index < -0.39 is 0 Å². The molecule has 0 aromatic carbocycles. The van der Waals surface area contributed by atoms with Gasteiger partial charge in [0.1, 0.15) is 0 Å². The second-order valence-electron chi connectivity index (χ2n) is 0. The molecule has 0 saturated heterocycles. The summed E-state index contributed by atoms with van der Waals surface area (Å²) in [6.45, 7) is 0. The Morgan fingerprint density at radius 2 is 1.00 bits per heavy atom. The van der Waals surface area contributed by atoms with Crippen molar-refractivity contribution < 1.29 is 98.5 Å². The minimum absolute atomic E-state index is 0. The molecule has 0 unspecified atom stereocenters. The van der Waals surface area contributed by atoms with Crippen LogP contribution in [0.3, 0.4) is 0 Å². The molecular weight excluding hydrogens is 361 g/mol. The van der Waals surface area contributed by atoms with Crippen molar-refractivity contribution in [2.75, 3.05) is 0 Å². The average Bonchev–Trinajstić information content (AvgIpc) is 0. The van der Waals surface area contributed by atoms with Crippen molar-refractivity contribution in [2.45, 2.75) is 0 Å². The zero-order chi connectivity index (χ0) is 0. The van der Waals surface area contributed by atoms with Crippen molar-refractivity contribution in [1.82, 2.24) is 0 Å². The summed E-state index contributed by atoms with van der Waals surface area (Å²) in [4.78, 5) is 0. The van der Waals surface area contributed by atoms with Crippen LogP contribution in [0.4, 0.5) is 0 Å². The molecule has 4 heteroatoms. The fourth-order valence-electron chi connectivity index (χ4n) is 0. The van der Waals surface area contributed by atoms with Gasteiger partial charge in [-0.3, -0.25) is 0 Å². The van der Waals surface area contributed by atoms with Crippen LogP contribution in [-0.2, 0) is 58.6 Å². The van der Waals surface area contributed by atoms with Gasteiger partial charge in [0.05, 0.1) is 0 Å². The first-order chi connectivity index (χ1) is 0. The van der Waals surface area contributed by atoms with Gasteiger partial charge in [-0.1, -0.05) is 0 Å². The molecule has 2 radical (unpaired) electrons. The van der Waals surface area contributed by atoms with Gasteiger partial charge in [-0.2, -0.15) is 0 Å². The maximum atomic E-state index is 0. The van der Waals surface area contributed by atoms with E-state index in [1.807, 2.05) is 0 Å². The normalized spacial score (nSPS) is 0. The van der Waals surface area contributed by atoms with Crippen LogP contribution in [0.25, 0.3) is 0 Å². The number of hydrogen-bond donors (Lipinski definition) is 0. The van der Waals surface area contributed by atoms with Gasteiger partial charge < -0.3 is 0 Å². The molecule has 0 atom stereocenters. The zero-order valence-electron chi connectivity index (χ0n) is 1.51. The molecule has 0 heterocycles. The number of hydrogen-bond acceptors (Lipinski definition) is 0. The molecule has 0 rings (SSSR count). The largest absolute Gasteiger partial charge is 0 e. The van der Waals surface area contributed by atoms with Crippen LogP contribution in [-0.4, -0.2) is 19.8 Å². The summed E-state index contributed by atoms with van der Waals surface area (Å²) in [7, 11) is 0. The molecule has 0 amide bonds. The summed E-state index contributed by atoms with van der Waals surface area (Å²) in [5, 5.41) is 0. The predicted octanol–water partition coefficient (Wildman–Crippen LogP) is -1.19. The Bertz CT molecular complexity index is 8.00. The van der Waals surface area contributed by atoms with E-state index in [2.05, 4.69) is 0 Å². The summed E-state index contributed by atoms with van der Waals surface area (Å²) < 4.78 is 0. The first-order valence-electron chi connectivity index (χ1n) is 0.